The van der Waals surface area contributed by atoms with Crippen LogP contribution in [0.4, 0.5) is 10.5 Å². The molecule has 208 valence electrons. The van der Waals surface area contributed by atoms with E-state index in [1.165, 1.54) is 11.0 Å². The fraction of sp³-hybridized carbons (Fsp3) is 0.367. The van der Waals surface area contributed by atoms with Gasteiger partial charge in [-0.25, -0.2) is 4.79 Å². The maximum Gasteiger partial charge on any atom is 0.408 e. The molecule has 0 aliphatic heterocycles. The Morgan fingerprint density at radius 2 is 1.54 bits per heavy atom. The van der Waals surface area contributed by atoms with E-state index >= 15 is 0 Å². The maximum atomic E-state index is 14.0. The van der Waals surface area contributed by atoms with E-state index in [1.807, 2.05) is 36.4 Å². The number of alkyl carbamates (subject to hydrolysis) is 1. The van der Waals surface area contributed by atoms with Gasteiger partial charge in [-0.05, 0) is 70.5 Å². The van der Waals surface area contributed by atoms with Crippen LogP contribution in [-0.4, -0.2) is 50.8 Å². The Labute approximate surface area is 235 Å². The van der Waals surface area contributed by atoms with Crippen molar-refractivity contribution in [2.45, 2.75) is 64.8 Å². The van der Waals surface area contributed by atoms with Gasteiger partial charge < -0.3 is 25.4 Å². The summed E-state index contributed by atoms with van der Waals surface area (Å²) in [6, 6.07) is 17.4. The van der Waals surface area contributed by atoms with E-state index in [0.717, 1.165) is 10.8 Å². The number of ether oxygens (including phenoxy) is 1. The number of para-hydroxylation sites is 1. The summed E-state index contributed by atoms with van der Waals surface area (Å²) in [4.78, 5) is 41.9. The first-order chi connectivity index (χ1) is 18.2. The lowest BCUT2D eigenvalue weighted by Gasteiger charge is -2.43. The van der Waals surface area contributed by atoms with Crippen LogP contribution >= 0.6 is 12.6 Å². The molecule has 0 radical (unpaired) electrons. The van der Waals surface area contributed by atoms with Gasteiger partial charge in [0, 0.05) is 22.5 Å². The third-order valence-corrected chi connectivity index (χ3v) is 6.25. The zero-order valence-corrected chi connectivity index (χ0v) is 24.1. The summed E-state index contributed by atoms with van der Waals surface area (Å²) in [6.45, 7) is 10.5. The second-order valence-corrected chi connectivity index (χ2v) is 11.6. The van der Waals surface area contributed by atoms with Crippen LogP contribution < -0.4 is 10.6 Å². The minimum Gasteiger partial charge on any atom is -0.508 e. The molecule has 0 saturated carbocycles. The monoisotopic (exact) mass is 551 g/mol. The average molecular weight is 552 g/mol. The zero-order valence-electron chi connectivity index (χ0n) is 23.2. The average Bonchev–Trinajstić information content (AvgIpc) is 2.84. The van der Waals surface area contributed by atoms with Gasteiger partial charge in [-0.15, -0.1) is 0 Å². The molecular formula is C30H37N3O5S. The van der Waals surface area contributed by atoms with Crippen molar-refractivity contribution < 1.29 is 24.2 Å². The highest BCUT2D eigenvalue weighted by atomic mass is 32.1. The molecule has 0 aliphatic rings. The largest absolute Gasteiger partial charge is 0.508 e. The van der Waals surface area contributed by atoms with Gasteiger partial charge in [-0.2, -0.15) is 12.6 Å². The molecule has 0 bridgehead atoms. The summed E-state index contributed by atoms with van der Waals surface area (Å²) in [6.07, 6.45) is -0.775. The van der Waals surface area contributed by atoms with Crippen LogP contribution in [-0.2, 0) is 14.3 Å². The van der Waals surface area contributed by atoms with Gasteiger partial charge in [0.2, 0.25) is 5.91 Å². The first-order valence-electron chi connectivity index (χ1n) is 12.7. The fourth-order valence-corrected chi connectivity index (χ4v) is 4.49. The van der Waals surface area contributed by atoms with Gasteiger partial charge in [0.05, 0.1) is 0 Å². The molecule has 8 nitrogen and oxygen atoms in total. The van der Waals surface area contributed by atoms with Crippen LogP contribution in [0.1, 0.15) is 53.1 Å². The summed E-state index contributed by atoms with van der Waals surface area (Å²) in [5.74, 6) is -1.25. The van der Waals surface area contributed by atoms with Gasteiger partial charge in [0.15, 0.2) is 0 Å². The first-order valence-corrected chi connectivity index (χ1v) is 13.4. The Morgan fingerprint density at radius 3 is 2.13 bits per heavy atom. The Balaban J connectivity index is 2.04. The molecule has 0 aliphatic carbocycles. The molecule has 0 aromatic heterocycles. The number of thiol groups is 1. The van der Waals surface area contributed by atoms with Crippen LogP contribution in [0, 0.1) is 0 Å². The number of anilines is 1. The molecule has 3 aromatic carbocycles. The topological polar surface area (TPSA) is 108 Å². The van der Waals surface area contributed by atoms with E-state index in [-0.39, 0.29) is 17.1 Å². The SMILES string of the molecule is CC(C)(C)OC(=O)NC(CS)C(=O)N(C(C(=O)Nc1ccc2ccccc2c1)c1ccccc1O)C(C)(C)C. The van der Waals surface area contributed by atoms with Crippen LogP contribution in [0.5, 0.6) is 5.75 Å². The number of aromatic hydroxyl groups is 1. The molecule has 3 aromatic rings. The molecule has 2 atom stereocenters. The van der Waals surface area contributed by atoms with E-state index in [9.17, 15) is 19.5 Å². The second kappa shape index (κ2) is 12.0. The summed E-state index contributed by atoms with van der Waals surface area (Å²) >= 11 is 4.31. The molecule has 3 amide bonds. The maximum absolute atomic E-state index is 14.0. The molecule has 0 fully saturated rings. The third-order valence-electron chi connectivity index (χ3n) is 5.89. The predicted molar refractivity (Wildman–Crippen MR) is 157 cm³/mol. The molecule has 2 unspecified atom stereocenters. The number of benzene rings is 3. The summed E-state index contributed by atoms with van der Waals surface area (Å²) in [5.41, 5.74) is -0.884. The van der Waals surface area contributed by atoms with E-state index in [0.29, 0.717) is 5.69 Å². The summed E-state index contributed by atoms with van der Waals surface area (Å²) in [5, 5.41) is 18.2. The Hall–Kier alpha value is -3.72. The highest BCUT2D eigenvalue weighted by Gasteiger charge is 2.42. The Morgan fingerprint density at radius 1 is 0.923 bits per heavy atom. The van der Waals surface area contributed by atoms with Crippen molar-refractivity contribution in [3.05, 3.63) is 72.3 Å². The number of nitrogens with zero attached hydrogens (tertiary/aromatic N) is 1. The number of hydrogen-bond acceptors (Lipinski definition) is 6. The number of nitrogens with one attached hydrogen (secondary N) is 2. The number of amides is 3. The van der Waals surface area contributed by atoms with E-state index in [4.69, 9.17) is 4.74 Å². The van der Waals surface area contributed by atoms with Gasteiger partial charge in [-0.1, -0.05) is 48.5 Å². The fourth-order valence-electron chi connectivity index (χ4n) is 4.24. The molecule has 9 heteroatoms. The molecule has 3 N–H and O–H groups in total. The minimum atomic E-state index is -1.23. The zero-order chi connectivity index (χ0) is 29.0. The highest BCUT2D eigenvalue weighted by molar-refractivity contribution is 7.80. The van der Waals surface area contributed by atoms with Crippen LogP contribution in [0.15, 0.2) is 66.7 Å². The van der Waals surface area contributed by atoms with E-state index in [1.54, 1.807) is 65.8 Å². The summed E-state index contributed by atoms with van der Waals surface area (Å²) < 4.78 is 5.34. The molecule has 0 spiro atoms. The van der Waals surface area contributed by atoms with Crippen molar-refractivity contribution in [1.82, 2.24) is 10.2 Å². The van der Waals surface area contributed by atoms with Gasteiger partial charge >= 0.3 is 6.09 Å². The van der Waals surface area contributed by atoms with Crippen molar-refractivity contribution in [1.29, 1.82) is 0 Å². The molecule has 3 rings (SSSR count). The number of phenols is 1. The Bertz CT molecular complexity index is 1350. The standard InChI is InChI=1S/C30H37N3O5S/c1-29(2,3)33(27(36)23(18-39)32-28(37)38-30(4,5)6)25(22-13-9-10-14-24(22)34)26(35)31-21-16-15-19-11-7-8-12-20(19)17-21/h7-17,23,25,34,39H,18H2,1-6H3,(H,31,35)(H,32,37). The number of carbonyl (C=O) groups excluding carboxylic acids is 3. The second-order valence-electron chi connectivity index (χ2n) is 11.3. The molecular weight excluding hydrogens is 514 g/mol. The van der Waals surface area contributed by atoms with Gasteiger partial charge in [0.25, 0.3) is 5.91 Å². The van der Waals surface area contributed by atoms with Crippen molar-refractivity contribution in [3.63, 3.8) is 0 Å². The van der Waals surface area contributed by atoms with Gasteiger partial charge in [-0.3, -0.25) is 9.59 Å². The molecule has 0 saturated heterocycles. The van der Waals surface area contributed by atoms with Crippen molar-refractivity contribution in [2.24, 2.45) is 0 Å². The number of phenolic OH excluding ortho intramolecular Hbond substituents is 1. The van der Waals surface area contributed by atoms with Crippen molar-refractivity contribution in [3.8, 4) is 5.75 Å². The van der Waals surface area contributed by atoms with Gasteiger partial charge in [0.1, 0.15) is 23.4 Å². The van der Waals surface area contributed by atoms with Crippen molar-refractivity contribution >= 4 is 47.0 Å². The van der Waals surface area contributed by atoms with E-state index < -0.39 is 41.1 Å². The lowest BCUT2D eigenvalue weighted by molar-refractivity contribution is -0.146. The number of hydrogen-bond donors (Lipinski definition) is 4. The minimum absolute atomic E-state index is 0.0373. The first kappa shape index (κ1) is 29.8. The van der Waals surface area contributed by atoms with Crippen LogP contribution in [0.25, 0.3) is 10.8 Å². The van der Waals surface area contributed by atoms with Crippen molar-refractivity contribution in [2.75, 3.05) is 11.1 Å². The quantitative estimate of drug-likeness (QED) is 0.283. The highest BCUT2D eigenvalue weighted by Crippen LogP contribution is 2.35. The lowest BCUT2D eigenvalue weighted by Crippen LogP contribution is -2.58. The number of fused-ring (bicyclic) bond motifs is 1. The normalized spacial score (nSPS) is 13.3. The number of carbonyl (C=O) groups is 3. The smallest absolute Gasteiger partial charge is 0.408 e. The third kappa shape index (κ3) is 7.66. The molecule has 39 heavy (non-hydrogen) atoms. The predicted octanol–water partition coefficient (Wildman–Crippen LogP) is 5.68. The van der Waals surface area contributed by atoms with Crippen LogP contribution in [0.2, 0.25) is 0 Å². The molecule has 0 heterocycles. The van der Waals surface area contributed by atoms with E-state index in [2.05, 4.69) is 23.3 Å². The van der Waals surface area contributed by atoms with Crippen LogP contribution in [0.3, 0.4) is 0 Å². The summed E-state index contributed by atoms with van der Waals surface area (Å²) in [7, 11) is 0. The number of rotatable bonds is 7. The Kier molecular flexibility index (Phi) is 9.17. The lowest BCUT2D eigenvalue weighted by atomic mass is 9.95.